The lowest BCUT2D eigenvalue weighted by molar-refractivity contribution is 0.724. The molecule has 40 heavy (non-hydrogen) atoms. The molecule has 1 heteroatoms. The maximum Gasteiger partial charge on any atom is 0.0788 e. The van der Waals surface area contributed by atoms with Gasteiger partial charge >= 0.3 is 0 Å². The van der Waals surface area contributed by atoms with Gasteiger partial charge in [-0.05, 0) is 74.5 Å². The van der Waals surface area contributed by atoms with Gasteiger partial charge in [-0.3, -0.25) is 0 Å². The van der Waals surface area contributed by atoms with E-state index in [9.17, 15) is 0 Å². The summed E-state index contributed by atoms with van der Waals surface area (Å²) in [6.07, 6.45) is 0.921. The van der Waals surface area contributed by atoms with Crippen LogP contribution in [0.4, 0.5) is 0 Å². The average Bonchev–Trinajstić information content (AvgIpc) is 3.31. The summed E-state index contributed by atoms with van der Waals surface area (Å²) in [4.78, 5) is 5.27. The Bertz CT molecular complexity index is 2090. The summed E-state index contributed by atoms with van der Waals surface area (Å²) in [7, 11) is 0. The van der Waals surface area contributed by atoms with Crippen molar-refractivity contribution in [2.75, 3.05) is 0 Å². The van der Waals surface area contributed by atoms with Crippen molar-refractivity contribution < 1.29 is 0 Å². The lowest BCUT2D eigenvalue weighted by Crippen LogP contribution is -2.34. The van der Waals surface area contributed by atoms with E-state index in [0.29, 0.717) is 0 Å². The van der Waals surface area contributed by atoms with E-state index in [0.717, 1.165) is 23.2 Å². The summed E-state index contributed by atoms with van der Waals surface area (Å²) in [6, 6.07) is 51.3. The first-order chi connectivity index (χ1) is 19.8. The normalized spacial score (nSPS) is 14.1. The molecule has 0 radical (unpaired) electrons. The Hall–Kier alpha value is -5.01. The van der Waals surface area contributed by atoms with Crippen LogP contribution in [0.5, 0.6) is 0 Å². The van der Waals surface area contributed by atoms with Gasteiger partial charge in [0.1, 0.15) is 0 Å². The van der Waals surface area contributed by atoms with Crippen LogP contribution in [0.2, 0.25) is 0 Å². The molecule has 186 valence electrons. The summed E-state index contributed by atoms with van der Waals surface area (Å²) < 4.78 is 0. The third-order valence-electron chi connectivity index (χ3n) is 9.13. The molecule has 1 nitrogen and oxygen atoms in total. The molecule has 0 fully saturated rings. The summed E-state index contributed by atoms with van der Waals surface area (Å²) in [5.41, 5.74) is 13.9. The van der Waals surface area contributed by atoms with E-state index in [1.54, 1.807) is 0 Å². The first kappa shape index (κ1) is 21.9. The Morgan fingerprint density at radius 3 is 1.85 bits per heavy atom. The maximum atomic E-state index is 5.27. The monoisotopic (exact) mass is 507 g/mol. The molecule has 0 saturated carbocycles. The fraction of sp³-hybridized carbons (Fsp3) is 0.0513. The summed E-state index contributed by atoms with van der Waals surface area (Å²) in [6.45, 7) is 0. The van der Waals surface area contributed by atoms with Gasteiger partial charge in [0.05, 0.1) is 16.6 Å². The predicted octanol–water partition coefficient (Wildman–Crippen LogP) is 9.32. The fourth-order valence-corrected chi connectivity index (χ4v) is 7.56. The largest absolute Gasteiger partial charge is 0.247 e. The van der Waals surface area contributed by atoms with Gasteiger partial charge in [-0.1, -0.05) is 121 Å². The van der Waals surface area contributed by atoms with E-state index in [1.165, 1.54) is 60.7 Å². The molecule has 6 aromatic carbocycles. The second-order valence-corrected chi connectivity index (χ2v) is 11.1. The molecule has 9 rings (SSSR count). The minimum absolute atomic E-state index is 0.370. The van der Waals surface area contributed by atoms with E-state index in [4.69, 9.17) is 4.98 Å². The lowest BCUT2D eigenvalue weighted by Gasteiger charge is -2.40. The number of para-hydroxylation sites is 1. The van der Waals surface area contributed by atoms with E-state index in [-0.39, 0.29) is 5.41 Å². The van der Waals surface area contributed by atoms with Gasteiger partial charge in [-0.2, -0.15) is 0 Å². The Kier molecular flexibility index (Phi) is 4.38. The Labute approximate surface area is 233 Å². The third-order valence-corrected chi connectivity index (χ3v) is 9.13. The van der Waals surface area contributed by atoms with Crippen molar-refractivity contribution in [1.29, 1.82) is 0 Å². The van der Waals surface area contributed by atoms with Crippen LogP contribution >= 0.6 is 0 Å². The molecule has 0 unspecified atom stereocenters. The molecular weight excluding hydrogens is 482 g/mol. The number of hydrogen-bond donors (Lipinski definition) is 0. The van der Waals surface area contributed by atoms with Crippen molar-refractivity contribution in [2.45, 2.75) is 11.8 Å². The molecule has 0 saturated heterocycles. The van der Waals surface area contributed by atoms with E-state index < -0.39 is 0 Å². The molecule has 0 bridgehead atoms. The van der Waals surface area contributed by atoms with Crippen LogP contribution in [0, 0.1) is 0 Å². The minimum atomic E-state index is -0.370. The van der Waals surface area contributed by atoms with Crippen LogP contribution in [0.25, 0.3) is 44.1 Å². The highest BCUT2D eigenvalue weighted by atomic mass is 14.7. The zero-order valence-corrected chi connectivity index (χ0v) is 21.9. The molecule has 1 heterocycles. The number of benzene rings is 6. The number of rotatable bonds is 1. The second-order valence-electron chi connectivity index (χ2n) is 11.1. The van der Waals surface area contributed by atoms with Crippen molar-refractivity contribution in [2.24, 2.45) is 0 Å². The van der Waals surface area contributed by atoms with Crippen LogP contribution in [0.15, 0.2) is 140 Å². The van der Waals surface area contributed by atoms with E-state index in [1.807, 2.05) is 0 Å². The first-order valence-electron chi connectivity index (χ1n) is 14.0. The van der Waals surface area contributed by atoms with Gasteiger partial charge < -0.3 is 0 Å². The fourth-order valence-electron chi connectivity index (χ4n) is 7.56. The number of nitrogens with zero attached hydrogens (tertiary/aromatic N) is 1. The van der Waals surface area contributed by atoms with Crippen LogP contribution in [-0.4, -0.2) is 4.98 Å². The maximum absolute atomic E-state index is 5.27. The highest BCUT2D eigenvalue weighted by molar-refractivity contribution is 6.12. The summed E-state index contributed by atoms with van der Waals surface area (Å²) in [5.74, 6) is 0. The van der Waals surface area contributed by atoms with Crippen LogP contribution < -0.4 is 0 Å². The lowest BCUT2D eigenvalue weighted by atomic mass is 9.61. The molecule has 1 spiro atoms. The summed E-state index contributed by atoms with van der Waals surface area (Å²) in [5, 5.41) is 3.70. The smallest absolute Gasteiger partial charge is 0.0788 e. The molecule has 0 N–H and O–H groups in total. The number of pyridine rings is 1. The Morgan fingerprint density at radius 2 is 1.07 bits per heavy atom. The second kappa shape index (κ2) is 8.00. The summed E-state index contributed by atoms with van der Waals surface area (Å²) >= 11 is 0. The quantitative estimate of drug-likeness (QED) is 0.202. The molecule has 7 aromatic rings. The average molecular weight is 508 g/mol. The predicted molar refractivity (Wildman–Crippen MR) is 165 cm³/mol. The minimum Gasteiger partial charge on any atom is -0.247 e. The van der Waals surface area contributed by atoms with Crippen LogP contribution in [0.1, 0.15) is 33.4 Å². The Morgan fingerprint density at radius 1 is 0.450 bits per heavy atom. The zero-order valence-electron chi connectivity index (χ0n) is 21.9. The molecule has 1 aromatic heterocycles. The number of hydrogen-bond acceptors (Lipinski definition) is 1. The van der Waals surface area contributed by atoms with Crippen molar-refractivity contribution in [3.63, 3.8) is 0 Å². The topological polar surface area (TPSA) is 12.9 Å². The van der Waals surface area contributed by atoms with Gasteiger partial charge in [0, 0.05) is 16.3 Å². The van der Waals surface area contributed by atoms with Gasteiger partial charge in [-0.25, -0.2) is 4.98 Å². The standard InChI is InChI=1S/C39H25N/c1-2-12-25(13-3-1)38-32-24-36-27(23-31(32)30-17-7-11-21-37(30)40-38)22-26-14-4-8-18-33(26)39(36)34-19-9-5-15-28(34)29-16-6-10-20-35(29)39/h1-21,23-24H,22H2. The SMILES string of the molecule is c1ccc(-c2nc3ccccc3c3cc4c(cc23)C2(c3ccccc3C4)c3ccccc3-c3ccccc32)cc1. The van der Waals surface area contributed by atoms with Crippen molar-refractivity contribution in [1.82, 2.24) is 4.98 Å². The van der Waals surface area contributed by atoms with Gasteiger partial charge in [0.2, 0.25) is 0 Å². The molecule has 0 aliphatic heterocycles. The molecule has 0 atom stereocenters. The first-order valence-corrected chi connectivity index (χ1v) is 14.0. The molecular formula is C39H25N. The molecule has 2 aliphatic carbocycles. The van der Waals surface area contributed by atoms with Gasteiger partial charge in [-0.15, -0.1) is 0 Å². The van der Waals surface area contributed by atoms with Gasteiger partial charge in [0.25, 0.3) is 0 Å². The van der Waals surface area contributed by atoms with E-state index in [2.05, 4.69) is 140 Å². The van der Waals surface area contributed by atoms with Crippen molar-refractivity contribution in [3.05, 3.63) is 173 Å². The van der Waals surface area contributed by atoms with Crippen molar-refractivity contribution >= 4 is 21.7 Å². The van der Waals surface area contributed by atoms with Gasteiger partial charge in [0.15, 0.2) is 0 Å². The number of fused-ring (bicyclic) bond motifs is 12. The van der Waals surface area contributed by atoms with Crippen molar-refractivity contribution in [3.8, 4) is 22.4 Å². The highest BCUT2D eigenvalue weighted by Gasteiger charge is 2.49. The number of aromatic nitrogens is 1. The van der Waals surface area contributed by atoms with E-state index >= 15 is 0 Å². The third kappa shape index (κ3) is 2.74. The Balaban J connectivity index is 1.49. The highest BCUT2D eigenvalue weighted by Crippen LogP contribution is 2.59. The molecule has 2 aliphatic rings. The van der Waals surface area contributed by atoms with Crippen LogP contribution in [-0.2, 0) is 11.8 Å². The van der Waals surface area contributed by atoms with Crippen LogP contribution in [0.3, 0.4) is 0 Å². The zero-order chi connectivity index (χ0) is 26.3. The molecule has 0 amide bonds.